The van der Waals surface area contributed by atoms with Gasteiger partial charge in [0.1, 0.15) is 17.2 Å². The largest absolute Gasteiger partial charge is 0.496 e. The summed E-state index contributed by atoms with van der Waals surface area (Å²) in [5.41, 5.74) is 5.10. The topological polar surface area (TPSA) is 77.1 Å². The van der Waals surface area contributed by atoms with Gasteiger partial charge in [0.15, 0.2) is 0 Å². The summed E-state index contributed by atoms with van der Waals surface area (Å²) in [7, 11) is 4.61. The minimum absolute atomic E-state index is 0.134. The standard InChI is InChI=1S/C26H36N2O5/c1-10-23(26(4,5)6)27-28(25(30)19-12-11-13-20(31-7)16(19)2)24(29)18-14-21(32-8)17(3)22(15-18)33-9/h11-15,23,27H,10H2,1-9H3. The van der Waals surface area contributed by atoms with Crippen LogP contribution >= 0.6 is 0 Å². The van der Waals surface area contributed by atoms with Gasteiger partial charge in [0.2, 0.25) is 0 Å². The molecule has 0 aliphatic rings. The molecule has 2 rings (SSSR count). The highest BCUT2D eigenvalue weighted by molar-refractivity contribution is 6.11. The van der Waals surface area contributed by atoms with E-state index in [1.165, 1.54) is 14.2 Å². The third-order valence-corrected chi connectivity index (χ3v) is 5.88. The maximum atomic E-state index is 13.8. The highest BCUT2D eigenvalue weighted by Gasteiger charge is 2.33. The normalized spacial score (nSPS) is 12.2. The van der Waals surface area contributed by atoms with Gasteiger partial charge in [0.25, 0.3) is 11.8 Å². The second-order valence-electron chi connectivity index (χ2n) is 9.04. The molecule has 1 unspecified atom stereocenters. The summed E-state index contributed by atoms with van der Waals surface area (Å²) in [5.74, 6) is 0.630. The highest BCUT2D eigenvalue weighted by Crippen LogP contribution is 2.31. The Morgan fingerprint density at radius 3 is 1.91 bits per heavy atom. The van der Waals surface area contributed by atoms with Gasteiger partial charge in [-0.2, -0.15) is 0 Å². The lowest BCUT2D eigenvalue weighted by atomic mass is 9.85. The Morgan fingerprint density at radius 1 is 0.909 bits per heavy atom. The molecule has 2 aromatic carbocycles. The van der Waals surface area contributed by atoms with E-state index >= 15 is 0 Å². The van der Waals surface area contributed by atoms with Gasteiger partial charge in [-0.25, -0.2) is 10.4 Å². The van der Waals surface area contributed by atoms with Crippen LogP contribution in [0.4, 0.5) is 0 Å². The number of nitrogens with one attached hydrogen (secondary N) is 1. The lowest BCUT2D eigenvalue weighted by Gasteiger charge is -2.35. The van der Waals surface area contributed by atoms with Crippen molar-refractivity contribution in [2.75, 3.05) is 21.3 Å². The number of imide groups is 1. The number of amides is 2. The number of hydrogen-bond acceptors (Lipinski definition) is 6. The van der Waals surface area contributed by atoms with E-state index in [0.29, 0.717) is 28.4 Å². The zero-order valence-electron chi connectivity index (χ0n) is 21.2. The molecular weight excluding hydrogens is 420 g/mol. The van der Waals surface area contributed by atoms with Gasteiger partial charge < -0.3 is 14.2 Å². The van der Waals surface area contributed by atoms with Crippen molar-refractivity contribution in [3.8, 4) is 17.2 Å². The Kier molecular flexibility index (Phi) is 8.50. The average molecular weight is 457 g/mol. The molecule has 2 amide bonds. The van der Waals surface area contributed by atoms with Crippen molar-refractivity contribution < 1.29 is 23.8 Å². The molecule has 7 heteroatoms. The molecule has 0 bridgehead atoms. The van der Waals surface area contributed by atoms with E-state index in [4.69, 9.17) is 14.2 Å². The van der Waals surface area contributed by atoms with Crippen LogP contribution in [0.2, 0.25) is 0 Å². The van der Waals surface area contributed by atoms with Crippen LogP contribution in [0.25, 0.3) is 0 Å². The number of methoxy groups -OCH3 is 3. The molecule has 0 aliphatic carbocycles. The third kappa shape index (κ3) is 5.66. The summed E-state index contributed by atoms with van der Waals surface area (Å²) in [6.45, 7) is 11.9. The Morgan fingerprint density at radius 2 is 1.45 bits per heavy atom. The predicted octanol–water partition coefficient (Wildman–Crippen LogP) is 4.94. The molecule has 33 heavy (non-hydrogen) atoms. The van der Waals surface area contributed by atoms with Crippen molar-refractivity contribution in [1.82, 2.24) is 10.4 Å². The monoisotopic (exact) mass is 456 g/mol. The SMILES string of the molecule is CCC(NN(C(=O)c1cc(OC)c(C)c(OC)c1)C(=O)c1cccc(OC)c1C)C(C)(C)C. The number of hydrazine groups is 1. The number of nitrogens with zero attached hydrogens (tertiary/aromatic N) is 1. The fraction of sp³-hybridized carbons (Fsp3) is 0.462. The Bertz CT molecular complexity index is 985. The van der Waals surface area contributed by atoms with E-state index in [0.717, 1.165) is 17.0 Å². The van der Waals surface area contributed by atoms with Crippen molar-refractivity contribution in [1.29, 1.82) is 0 Å². The van der Waals surface area contributed by atoms with E-state index in [9.17, 15) is 9.59 Å². The fourth-order valence-electron chi connectivity index (χ4n) is 3.79. The smallest absolute Gasteiger partial charge is 0.275 e. The second kappa shape index (κ2) is 10.7. The lowest BCUT2D eigenvalue weighted by Crippen LogP contribution is -2.55. The molecule has 1 atom stereocenters. The third-order valence-electron chi connectivity index (χ3n) is 5.88. The van der Waals surface area contributed by atoms with E-state index in [1.54, 1.807) is 44.4 Å². The van der Waals surface area contributed by atoms with Crippen LogP contribution in [0, 0.1) is 19.3 Å². The molecule has 0 radical (unpaired) electrons. The molecule has 0 fully saturated rings. The van der Waals surface area contributed by atoms with Crippen LogP contribution in [-0.4, -0.2) is 44.2 Å². The number of carbonyl (C=O) groups excluding carboxylic acids is 2. The average Bonchev–Trinajstić information content (AvgIpc) is 2.78. The van der Waals surface area contributed by atoms with Gasteiger partial charge in [-0.05, 0) is 49.9 Å². The van der Waals surface area contributed by atoms with E-state index < -0.39 is 11.8 Å². The fourth-order valence-corrected chi connectivity index (χ4v) is 3.79. The molecule has 0 saturated carbocycles. The van der Waals surface area contributed by atoms with Crippen molar-refractivity contribution in [3.05, 3.63) is 52.6 Å². The first kappa shape index (κ1) is 26.2. The first-order chi connectivity index (χ1) is 15.5. The molecule has 0 aromatic heterocycles. The van der Waals surface area contributed by atoms with Gasteiger partial charge >= 0.3 is 0 Å². The molecule has 0 heterocycles. The quantitative estimate of drug-likeness (QED) is 0.448. The molecule has 2 aromatic rings. The summed E-state index contributed by atoms with van der Waals surface area (Å²) < 4.78 is 16.3. The molecular formula is C26H36N2O5. The summed E-state index contributed by atoms with van der Waals surface area (Å²) in [6.07, 6.45) is 0.720. The molecule has 0 aliphatic heterocycles. The number of hydrogen-bond donors (Lipinski definition) is 1. The van der Waals surface area contributed by atoms with Crippen molar-refractivity contribution in [3.63, 3.8) is 0 Å². The first-order valence-electron chi connectivity index (χ1n) is 11.0. The summed E-state index contributed by atoms with van der Waals surface area (Å²) >= 11 is 0. The van der Waals surface area contributed by atoms with E-state index in [-0.39, 0.29) is 17.0 Å². The van der Waals surface area contributed by atoms with E-state index in [1.807, 2.05) is 13.8 Å². The number of ether oxygens (including phenoxy) is 3. The van der Waals surface area contributed by atoms with Crippen LogP contribution < -0.4 is 19.6 Å². The molecule has 1 N–H and O–H groups in total. The van der Waals surface area contributed by atoms with Gasteiger partial charge in [-0.1, -0.05) is 33.8 Å². The van der Waals surface area contributed by atoms with Crippen molar-refractivity contribution >= 4 is 11.8 Å². The molecule has 0 spiro atoms. The lowest BCUT2D eigenvalue weighted by molar-refractivity contribution is 0.0429. The van der Waals surface area contributed by atoms with Crippen LogP contribution in [0.3, 0.4) is 0 Å². The van der Waals surface area contributed by atoms with Gasteiger partial charge in [-0.15, -0.1) is 0 Å². The summed E-state index contributed by atoms with van der Waals surface area (Å²) in [5, 5.41) is 1.10. The second-order valence-corrected chi connectivity index (χ2v) is 9.04. The van der Waals surface area contributed by atoms with Gasteiger partial charge in [0, 0.05) is 28.3 Å². The molecule has 0 saturated heterocycles. The molecule has 7 nitrogen and oxygen atoms in total. The highest BCUT2D eigenvalue weighted by atomic mass is 16.5. The maximum absolute atomic E-state index is 13.8. The Hall–Kier alpha value is -3.06. The van der Waals surface area contributed by atoms with Crippen LogP contribution in [0.15, 0.2) is 30.3 Å². The minimum atomic E-state index is -0.499. The number of rotatable bonds is 8. The van der Waals surface area contributed by atoms with Crippen molar-refractivity contribution in [2.45, 2.75) is 54.0 Å². The Labute approximate surface area is 197 Å². The van der Waals surface area contributed by atoms with E-state index in [2.05, 4.69) is 26.2 Å². The maximum Gasteiger partial charge on any atom is 0.275 e. The van der Waals surface area contributed by atoms with Crippen LogP contribution in [0.5, 0.6) is 17.2 Å². The van der Waals surface area contributed by atoms with Crippen LogP contribution in [-0.2, 0) is 0 Å². The Balaban J connectivity index is 2.63. The zero-order valence-corrected chi connectivity index (χ0v) is 21.2. The van der Waals surface area contributed by atoms with Gasteiger partial charge in [0.05, 0.1) is 21.3 Å². The number of benzene rings is 2. The predicted molar refractivity (Wildman–Crippen MR) is 129 cm³/mol. The number of carbonyl (C=O) groups is 2. The molecule has 180 valence electrons. The zero-order chi connectivity index (χ0) is 24.9. The minimum Gasteiger partial charge on any atom is -0.496 e. The van der Waals surface area contributed by atoms with Gasteiger partial charge in [-0.3, -0.25) is 9.59 Å². The van der Waals surface area contributed by atoms with Crippen molar-refractivity contribution in [2.24, 2.45) is 5.41 Å². The summed E-state index contributed by atoms with van der Waals surface area (Å²) in [6, 6.07) is 8.32. The van der Waals surface area contributed by atoms with Crippen LogP contribution in [0.1, 0.15) is 66.0 Å². The first-order valence-corrected chi connectivity index (χ1v) is 11.0. The summed E-state index contributed by atoms with van der Waals surface area (Å²) in [4.78, 5) is 27.5.